The van der Waals surface area contributed by atoms with Gasteiger partial charge in [-0.05, 0) is 25.7 Å². The van der Waals surface area contributed by atoms with Crippen LogP contribution in [0.3, 0.4) is 0 Å². The van der Waals surface area contributed by atoms with Gasteiger partial charge < -0.3 is 15.7 Å². The van der Waals surface area contributed by atoms with Crippen molar-refractivity contribution < 1.29 is 9.90 Å². The van der Waals surface area contributed by atoms with Crippen LogP contribution in [-0.4, -0.2) is 29.3 Å². The van der Waals surface area contributed by atoms with Gasteiger partial charge in [-0.3, -0.25) is 0 Å². The second kappa shape index (κ2) is 6.84. The third-order valence-corrected chi connectivity index (χ3v) is 3.83. The van der Waals surface area contributed by atoms with E-state index in [2.05, 4.69) is 10.6 Å². The zero-order chi connectivity index (χ0) is 12.7. The Kier molecular flexibility index (Phi) is 5.75. The Morgan fingerprint density at radius 2 is 1.82 bits per heavy atom. The van der Waals surface area contributed by atoms with E-state index in [9.17, 15) is 9.90 Å². The van der Waals surface area contributed by atoms with Crippen molar-refractivity contribution >= 4 is 6.03 Å². The van der Waals surface area contributed by atoms with Gasteiger partial charge in [0.1, 0.15) is 0 Å². The number of carbonyl (C=O) groups excluding carboxylic acids is 1. The Morgan fingerprint density at radius 3 is 2.35 bits per heavy atom. The third-order valence-electron chi connectivity index (χ3n) is 3.83. The first kappa shape index (κ1) is 14.3. The molecule has 17 heavy (non-hydrogen) atoms. The summed E-state index contributed by atoms with van der Waals surface area (Å²) in [5.41, 5.74) is -0.760. The number of nitrogens with one attached hydrogen (secondary N) is 2. The zero-order valence-corrected chi connectivity index (χ0v) is 11.1. The predicted molar refractivity (Wildman–Crippen MR) is 68.9 cm³/mol. The SMILES string of the molecule is CCC(O)(CC)CNC(=O)NC1CCCCC1. The van der Waals surface area contributed by atoms with Gasteiger partial charge in [-0.1, -0.05) is 33.1 Å². The summed E-state index contributed by atoms with van der Waals surface area (Å²) in [7, 11) is 0. The lowest BCUT2D eigenvalue weighted by Gasteiger charge is -2.27. The predicted octanol–water partition coefficient (Wildman–Crippen LogP) is 2.17. The van der Waals surface area contributed by atoms with Crippen molar-refractivity contribution in [3.05, 3.63) is 0 Å². The van der Waals surface area contributed by atoms with Gasteiger partial charge in [-0.25, -0.2) is 4.79 Å². The maximum Gasteiger partial charge on any atom is 0.315 e. The summed E-state index contributed by atoms with van der Waals surface area (Å²) in [4.78, 5) is 11.7. The summed E-state index contributed by atoms with van der Waals surface area (Å²) >= 11 is 0. The Labute approximate surface area is 104 Å². The number of aliphatic hydroxyl groups is 1. The summed E-state index contributed by atoms with van der Waals surface area (Å²) in [5.74, 6) is 0. The van der Waals surface area contributed by atoms with Gasteiger partial charge in [0.15, 0.2) is 0 Å². The standard InChI is InChI=1S/C13H26N2O2/c1-3-13(17,4-2)10-14-12(16)15-11-8-6-5-7-9-11/h11,17H,3-10H2,1-2H3,(H2,14,15,16). The van der Waals surface area contributed by atoms with Crippen molar-refractivity contribution in [2.24, 2.45) is 0 Å². The lowest BCUT2D eigenvalue weighted by Crippen LogP contribution is -2.48. The molecule has 0 atom stereocenters. The molecule has 4 heteroatoms. The smallest absolute Gasteiger partial charge is 0.315 e. The molecule has 0 bridgehead atoms. The van der Waals surface area contributed by atoms with Gasteiger partial charge >= 0.3 is 6.03 Å². The summed E-state index contributed by atoms with van der Waals surface area (Å²) < 4.78 is 0. The summed E-state index contributed by atoms with van der Waals surface area (Å²) in [6.45, 7) is 4.20. The van der Waals surface area contributed by atoms with Crippen LogP contribution < -0.4 is 10.6 Å². The Bertz CT molecular complexity index is 234. The van der Waals surface area contributed by atoms with Gasteiger partial charge in [0.05, 0.1) is 5.60 Å². The van der Waals surface area contributed by atoms with Crippen molar-refractivity contribution in [2.75, 3.05) is 6.54 Å². The number of hydrogen-bond donors (Lipinski definition) is 3. The fourth-order valence-electron chi connectivity index (χ4n) is 2.23. The van der Waals surface area contributed by atoms with Crippen LogP contribution in [-0.2, 0) is 0 Å². The molecule has 0 radical (unpaired) electrons. The van der Waals surface area contributed by atoms with Crippen LogP contribution in [0.4, 0.5) is 4.79 Å². The highest BCUT2D eigenvalue weighted by Gasteiger charge is 2.23. The van der Waals surface area contributed by atoms with E-state index in [1.165, 1.54) is 19.3 Å². The normalized spacial score (nSPS) is 17.8. The molecule has 0 aliphatic heterocycles. The molecule has 0 aromatic carbocycles. The number of hydrogen-bond acceptors (Lipinski definition) is 2. The molecule has 100 valence electrons. The molecule has 0 heterocycles. The molecular formula is C13H26N2O2. The van der Waals surface area contributed by atoms with Crippen LogP contribution in [0, 0.1) is 0 Å². The van der Waals surface area contributed by atoms with E-state index in [1.54, 1.807) is 0 Å². The largest absolute Gasteiger partial charge is 0.388 e. The van der Waals surface area contributed by atoms with Crippen LogP contribution in [0.15, 0.2) is 0 Å². The highest BCUT2D eigenvalue weighted by molar-refractivity contribution is 5.74. The second-order valence-electron chi connectivity index (χ2n) is 5.09. The summed E-state index contributed by atoms with van der Waals surface area (Å²) in [6, 6.07) is 0.178. The highest BCUT2D eigenvalue weighted by atomic mass is 16.3. The van der Waals surface area contributed by atoms with Crippen LogP contribution >= 0.6 is 0 Å². The second-order valence-corrected chi connectivity index (χ2v) is 5.09. The summed E-state index contributed by atoms with van der Waals surface area (Å²) in [5, 5.41) is 15.8. The van der Waals surface area contributed by atoms with Crippen molar-refractivity contribution in [3.8, 4) is 0 Å². The van der Waals surface area contributed by atoms with Crippen LogP contribution in [0.5, 0.6) is 0 Å². The van der Waals surface area contributed by atoms with Crippen molar-refractivity contribution in [2.45, 2.75) is 70.4 Å². The number of urea groups is 1. The van der Waals surface area contributed by atoms with E-state index in [0.717, 1.165) is 12.8 Å². The lowest BCUT2D eigenvalue weighted by molar-refractivity contribution is 0.0348. The van der Waals surface area contributed by atoms with E-state index in [4.69, 9.17) is 0 Å². The minimum Gasteiger partial charge on any atom is -0.388 e. The van der Waals surface area contributed by atoms with Crippen molar-refractivity contribution in [1.82, 2.24) is 10.6 Å². The molecule has 1 aliphatic carbocycles. The molecule has 1 fully saturated rings. The fraction of sp³-hybridized carbons (Fsp3) is 0.923. The minimum absolute atomic E-state index is 0.141. The van der Waals surface area contributed by atoms with Gasteiger partial charge in [0, 0.05) is 12.6 Å². The monoisotopic (exact) mass is 242 g/mol. The van der Waals surface area contributed by atoms with E-state index < -0.39 is 5.60 Å². The maximum atomic E-state index is 11.7. The van der Waals surface area contributed by atoms with Crippen LogP contribution in [0.1, 0.15) is 58.8 Å². The maximum absolute atomic E-state index is 11.7. The summed E-state index contributed by atoms with van der Waals surface area (Å²) in [6.07, 6.45) is 7.18. The first-order valence-corrected chi connectivity index (χ1v) is 6.86. The molecule has 4 nitrogen and oxygen atoms in total. The molecule has 0 unspecified atom stereocenters. The third kappa shape index (κ3) is 4.94. The van der Waals surface area contributed by atoms with Crippen LogP contribution in [0.2, 0.25) is 0 Å². The van der Waals surface area contributed by atoms with E-state index >= 15 is 0 Å². The molecule has 0 spiro atoms. The van der Waals surface area contributed by atoms with Gasteiger partial charge in [0.25, 0.3) is 0 Å². The fourth-order valence-corrected chi connectivity index (χ4v) is 2.23. The van der Waals surface area contributed by atoms with E-state index in [1.807, 2.05) is 13.8 Å². The quantitative estimate of drug-likeness (QED) is 0.692. The zero-order valence-electron chi connectivity index (χ0n) is 11.1. The molecule has 0 aromatic heterocycles. The average molecular weight is 242 g/mol. The molecule has 1 saturated carbocycles. The molecule has 2 amide bonds. The van der Waals surface area contributed by atoms with E-state index in [0.29, 0.717) is 25.4 Å². The van der Waals surface area contributed by atoms with E-state index in [-0.39, 0.29) is 6.03 Å². The van der Waals surface area contributed by atoms with Gasteiger partial charge in [0.2, 0.25) is 0 Å². The average Bonchev–Trinajstić information content (AvgIpc) is 2.37. The molecule has 0 aromatic rings. The lowest BCUT2D eigenvalue weighted by atomic mass is 9.95. The number of carbonyl (C=O) groups is 1. The van der Waals surface area contributed by atoms with Crippen molar-refractivity contribution in [1.29, 1.82) is 0 Å². The molecule has 3 N–H and O–H groups in total. The Morgan fingerprint density at radius 1 is 1.24 bits per heavy atom. The number of rotatable bonds is 5. The first-order valence-electron chi connectivity index (χ1n) is 6.86. The number of amides is 2. The molecular weight excluding hydrogens is 216 g/mol. The molecule has 0 saturated heterocycles. The molecule has 1 aliphatic rings. The van der Waals surface area contributed by atoms with Crippen LogP contribution in [0.25, 0.3) is 0 Å². The molecule has 1 rings (SSSR count). The van der Waals surface area contributed by atoms with Gasteiger partial charge in [-0.2, -0.15) is 0 Å². The van der Waals surface area contributed by atoms with Gasteiger partial charge in [-0.15, -0.1) is 0 Å². The topological polar surface area (TPSA) is 61.4 Å². The minimum atomic E-state index is -0.760. The highest BCUT2D eigenvalue weighted by Crippen LogP contribution is 2.17. The Hall–Kier alpha value is -0.770. The first-order chi connectivity index (χ1) is 8.09. The Balaban J connectivity index is 2.24. The van der Waals surface area contributed by atoms with Crippen molar-refractivity contribution in [3.63, 3.8) is 0 Å².